The fourth-order valence-corrected chi connectivity index (χ4v) is 3.46. The minimum Gasteiger partial charge on any atom is -0.467 e. The molecule has 0 aliphatic carbocycles. The number of halogens is 2. The van der Waals surface area contributed by atoms with Crippen LogP contribution in [-0.2, 0) is 16.1 Å². The Bertz CT molecular complexity index is 1120. The van der Waals surface area contributed by atoms with Crippen molar-refractivity contribution in [1.29, 1.82) is 0 Å². The number of nitrogens with one attached hydrogen (secondary N) is 1. The Morgan fingerprint density at radius 3 is 2.41 bits per heavy atom. The molecule has 0 fully saturated rings. The van der Waals surface area contributed by atoms with Crippen LogP contribution in [0.5, 0.6) is 0 Å². The predicted octanol–water partition coefficient (Wildman–Crippen LogP) is 5.29. The van der Waals surface area contributed by atoms with Crippen molar-refractivity contribution in [2.45, 2.75) is 13.5 Å². The second-order valence-electron chi connectivity index (χ2n) is 6.57. The Labute approximate surface area is 177 Å². The highest BCUT2D eigenvalue weighted by Crippen LogP contribution is 2.33. The molecule has 0 saturated carbocycles. The minimum absolute atomic E-state index is 0.0431. The molecule has 146 valence electrons. The SMILES string of the molecule is Cc1c(Cl)cccc1NC1=C(c2ccc(Cl)cc2)C(=O)N(Cc2ccco2)C1=O. The first kappa shape index (κ1) is 19.3. The summed E-state index contributed by atoms with van der Waals surface area (Å²) < 4.78 is 5.32. The third-order valence-electron chi connectivity index (χ3n) is 4.72. The standard InChI is InChI=1S/C22H16Cl2N2O3/c1-13-17(24)5-2-6-18(13)25-20-19(14-7-9-15(23)10-8-14)21(27)26(22(20)28)12-16-4-3-11-29-16/h2-11,25H,12H2,1H3. The van der Waals surface area contributed by atoms with Crippen molar-refractivity contribution in [3.05, 3.63) is 93.5 Å². The van der Waals surface area contributed by atoms with Crippen LogP contribution in [0.2, 0.25) is 10.0 Å². The van der Waals surface area contributed by atoms with E-state index in [0.717, 1.165) is 10.5 Å². The summed E-state index contributed by atoms with van der Waals surface area (Å²) in [5, 5.41) is 4.23. The van der Waals surface area contributed by atoms with E-state index >= 15 is 0 Å². The molecule has 2 amide bonds. The molecule has 1 aromatic heterocycles. The maximum absolute atomic E-state index is 13.2. The Morgan fingerprint density at radius 1 is 0.966 bits per heavy atom. The molecule has 0 bridgehead atoms. The van der Waals surface area contributed by atoms with Gasteiger partial charge in [-0.1, -0.05) is 41.4 Å². The summed E-state index contributed by atoms with van der Waals surface area (Å²) in [5.41, 5.74) is 2.49. The van der Waals surface area contributed by atoms with E-state index in [9.17, 15) is 9.59 Å². The highest BCUT2D eigenvalue weighted by Gasteiger charge is 2.39. The molecule has 4 rings (SSSR count). The molecule has 1 aliphatic heterocycles. The zero-order valence-electron chi connectivity index (χ0n) is 15.4. The van der Waals surface area contributed by atoms with Crippen LogP contribution in [0.3, 0.4) is 0 Å². The van der Waals surface area contributed by atoms with Gasteiger partial charge in [0.25, 0.3) is 11.8 Å². The lowest BCUT2D eigenvalue weighted by atomic mass is 10.0. The summed E-state index contributed by atoms with van der Waals surface area (Å²) in [6, 6.07) is 15.6. The predicted molar refractivity (Wildman–Crippen MR) is 112 cm³/mol. The van der Waals surface area contributed by atoms with E-state index in [1.54, 1.807) is 54.6 Å². The van der Waals surface area contributed by atoms with Crippen molar-refractivity contribution in [2.75, 3.05) is 5.32 Å². The van der Waals surface area contributed by atoms with Crippen LogP contribution >= 0.6 is 23.2 Å². The van der Waals surface area contributed by atoms with Gasteiger partial charge >= 0.3 is 0 Å². The van der Waals surface area contributed by atoms with Gasteiger partial charge in [0.1, 0.15) is 11.5 Å². The number of furan rings is 1. The van der Waals surface area contributed by atoms with Gasteiger partial charge in [-0.05, 0) is 54.4 Å². The maximum Gasteiger partial charge on any atom is 0.278 e. The first-order valence-corrected chi connectivity index (χ1v) is 9.62. The number of carbonyl (C=O) groups excluding carboxylic acids is 2. The lowest BCUT2D eigenvalue weighted by molar-refractivity contribution is -0.137. The van der Waals surface area contributed by atoms with E-state index in [1.165, 1.54) is 6.26 Å². The lowest BCUT2D eigenvalue weighted by Crippen LogP contribution is -2.31. The van der Waals surface area contributed by atoms with Crippen molar-refractivity contribution in [1.82, 2.24) is 4.90 Å². The summed E-state index contributed by atoms with van der Waals surface area (Å²) >= 11 is 12.2. The topological polar surface area (TPSA) is 62.6 Å². The number of imide groups is 1. The molecule has 0 atom stereocenters. The molecule has 3 aromatic rings. The molecule has 1 N–H and O–H groups in total. The second-order valence-corrected chi connectivity index (χ2v) is 7.41. The summed E-state index contributed by atoms with van der Waals surface area (Å²) in [7, 11) is 0. The fraction of sp³-hybridized carbons (Fsp3) is 0.0909. The second kappa shape index (κ2) is 7.78. The van der Waals surface area contributed by atoms with Crippen molar-refractivity contribution < 1.29 is 14.0 Å². The van der Waals surface area contributed by atoms with Gasteiger partial charge in [-0.25, -0.2) is 0 Å². The number of nitrogens with zero attached hydrogens (tertiary/aromatic N) is 1. The highest BCUT2D eigenvalue weighted by atomic mass is 35.5. The molecular formula is C22H16Cl2N2O3. The van der Waals surface area contributed by atoms with Crippen molar-refractivity contribution in [3.63, 3.8) is 0 Å². The molecule has 2 aromatic carbocycles. The lowest BCUT2D eigenvalue weighted by Gasteiger charge is -2.14. The van der Waals surface area contributed by atoms with Gasteiger partial charge in [0.2, 0.25) is 0 Å². The molecular weight excluding hydrogens is 411 g/mol. The van der Waals surface area contributed by atoms with Crippen LogP contribution < -0.4 is 5.32 Å². The molecule has 29 heavy (non-hydrogen) atoms. The number of anilines is 1. The minimum atomic E-state index is -0.435. The molecule has 0 radical (unpaired) electrons. The van der Waals surface area contributed by atoms with E-state index in [-0.39, 0.29) is 17.8 Å². The average molecular weight is 427 g/mol. The largest absolute Gasteiger partial charge is 0.467 e. The molecule has 1 aliphatic rings. The van der Waals surface area contributed by atoms with Crippen LogP contribution in [0.4, 0.5) is 5.69 Å². The molecule has 7 heteroatoms. The fourth-order valence-electron chi connectivity index (χ4n) is 3.16. The molecule has 0 saturated heterocycles. The smallest absolute Gasteiger partial charge is 0.278 e. The van der Waals surface area contributed by atoms with E-state index in [4.69, 9.17) is 27.6 Å². The van der Waals surface area contributed by atoms with Crippen molar-refractivity contribution in [2.24, 2.45) is 0 Å². The average Bonchev–Trinajstić information content (AvgIpc) is 3.29. The van der Waals surface area contributed by atoms with Crippen molar-refractivity contribution >= 4 is 46.3 Å². The van der Waals surface area contributed by atoms with Crippen LogP contribution in [0.25, 0.3) is 5.57 Å². The molecule has 2 heterocycles. The maximum atomic E-state index is 13.2. The highest BCUT2D eigenvalue weighted by molar-refractivity contribution is 6.37. The van der Waals surface area contributed by atoms with Gasteiger partial charge in [-0.2, -0.15) is 0 Å². The Morgan fingerprint density at radius 2 is 1.72 bits per heavy atom. The van der Waals surface area contributed by atoms with Crippen molar-refractivity contribution in [3.8, 4) is 0 Å². The zero-order valence-corrected chi connectivity index (χ0v) is 16.9. The van der Waals surface area contributed by atoms with Crippen LogP contribution in [0.15, 0.2) is 71.0 Å². The van der Waals surface area contributed by atoms with Gasteiger partial charge < -0.3 is 9.73 Å². The third kappa shape index (κ3) is 3.67. The first-order chi connectivity index (χ1) is 14.0. The Kier molecular flexibility index (Phi) is 5.18. The van der Waals surface area contributed by atoms with E-state index < -0.39 is 11.8 Å². The quantitative estimate of drug-likeness (QED) is 0.563. The number of hydrogen-bond donors (Lipinski definition) is 1. The van der Waals surface area contributed by atoms with E-state index in [0.29, 0.717) is 27.1 Å². The first-order valence-electron chi connectivity index (χ1n) is 8.86. The van der Waals surface area contributed by atoms with Gasteiger partial charge in [0.05, 0.1) is 18.4 Å². The van der Waals surface area contributed by atoms with Gasteiger partial charge in [-0.15, -0.1) is 0 Å². The summed E-state index contributed by atoms with van der Waals surface area (Å²) in [6.07, 6.45) is 1.50. The normalized spacial score (nSPS) is 14.1. The monoisotopic (exact) mass is 426 g/mol. The summed E-state index contributed by atoms with van der Waals surface area (Å²) in [6.45, 7) is 1.89. The van der Waals surface area contributed by atoms with Gasteiger partial charge in [0, 0.05) is 15.7 Å². The van der Waals surface area contributed by atoms with Crippen LogP contribution in [0.1, 0.15) is 16.9 Å². The molecule has 0 spiro atoms. The van der Waals surface area contributed by atoms with E-state index in [1.807, 2.05) is 6.92 Å². The third-order valence-corrected chi connectivity index (χ3v) is 5.38. The van der Waals surface area contributed by atoms with Crippen LogP contribution in [-0.4, -0.2) is 16.7 Å². The van der Waals surface area contributed by atoms with Gasteiger partial charge in [-0.3, -0.25) is 14.5 Å². The van der Waals surface area contributed by atoms with Gasteiger partial charge in [0.15, 0.2) is 0 Å². The number of amides is 2. The van der Waals surface area contributed by atoms with E-state index in [2.05, 4.69) is 5.32 Å². The Hall–Kier alpha value is -3.02. The number of benzene rings is 2. The summed E-state index contributed by atoms with van der Waals surface area (Å²) in [5.74, 6) is -0.325. The summed E-state index contributed by atoms with van der Waals surface area (Å²) in [4.78, 5) is 27.5. The number of rotatable bonds is 5. The number of carbonyl (C=O) groups is 2. The zero-order chi connectivity index (χ0) is 20.5. The molecule has 0 unspecified atom stereocenters. The Balaban J connectivity index is 1.78. The van der Waals surface area contributed by atoms with Crippen LogP contribution in [0, 0.1) is 6.92 Å². The number of hydrogen-bond acceptors (Lipinski definition) is 4. The molecule has 5 nitrogen and oxygen atoms in total.